The summed E-state index contributed by atoms with van der Waals surface area (Å²) < 4.78 is 7.72. The molecule has 0 aliphatic carbocycles. The quantitative estimate of drug-likeness (QED) is 0.286. The summed E-state index contributed by atoms with van der Waals surface area (Å²) in [5.41, 5.74) is 8.49. The lowest BCUT2D eigenvalue weighted by molar-refractivity contribution is -0.384. The van der Waals surface area contributed by atoms with Crippen molar-refractivity contribution in [3.63, 3.8) is 0 Å². The maximum atomic E-state index is 11.3. The molecule has 1 heterocycles. The second-order valence-electron chi connectivity index (χ2n) is 6.54. The Labute approximate surface area is 172 Å². The minimum atomic E-state index is -0.768. The maximum Gasteiger partial charge on any atom is 0.269 e. The largest absolute Gasteiger partial charge is 0.457 e. The zero-order valence-corrected chi connectivity index (χ0v) is 16.3. The highest BCUT2D eigenvalue weighted by Gasteiger charge is 2.12. The number of rotatable bonds is 6. The average molecular weight is 402 g/mol. The molecule has 8 heteroatoms. The Balaban J connectivity index is 1.85. The molecular weight excluding hydrogens is 384 g/mol. The molecule has 0 saturated heterocycles. The Kier molecular flexibility index (Phi) is 5.65. The molecule has 3 aromatic rings. The molecule has 30 heavy (non-hydrogen) atoms. The number of hydrogen-bond acceptors (Lipinski definition) is 5. The van der Waals surface area contributed by atoms with Gasteiger partial charge >= 0.3 is 0 Å². The van der Waals surface area contributed by atoms with Crippen molar-refractivity contribution in [1.82, 2.24) is 4.57 Å². The van der Waals surface area contributed by atoms with E-state index in [4.69, 9.17) is 15.7 Å². The van der Waals surface area contributed by atoms with Crippen LogP contribution >= 0.6 is 0 Å². The lowest BCUT2D eigenvalue weighted by Gasteiger charge is -2.11. The van der Waals surface area contributed by atoms with Gasteiger partial charge < -0.3 is 15.0 Å². The number of nitriles is 1. The number of aryl methyl sites for hydroxylation is 1. The van der Waals surface area contributed by atoms with Gasteiger partial charge in [0.2, 0.25) is 0 Å². The van der Waals surface area contributed by atoms with Crippen LogP contribution in [0.4, 0.5) is 5.69 Å². The van der Waals surface area contributed by atoms with Crippen LogP contribution in [0.5, 0.6) is 11.5 Å². The molecule has 0 fully saturated rings. The van der Waals surface area contributed by atoms with Gasteiger partial charge in [-0.25, -0.2) is 0 Å². The number of carbonyl (C=O) groups is 1. The van der Waals surface area contributed by atoms with Crippen molar-refractivity contribution in [3.8, 4) is 23.3 Å². The van der Waals surface area contributed by atoms with E-state index >= 15 is 0 Å². The van der Waals surface area contributed by atoms with Crippen molar-refractivity contribution >= 4 is 17.7 Å². The highest BCUT2D eigenvalue weighted by atomic mass is 16.6. The van der Waals surface area contributed by atoms with Crippen molar-refractivity contribution in [1.29, 1.82) is 5.26 Å². The Morgan fingerprint density at radius 2 is 1.70 bits per heavy atom. The Morgan fingerprint density at radius 3 is 2.20 bits per heavy atom. The van der Waals surface area contributed by atoms with Gasteiger partial charge in [0.15, 0.2) is 0 Å². The molecule has 0 bridgehead atoms. The number of non-ortho nitro benzene ring substituents is 1. The number of primary amides is 1. The average Bonchev–Trinajstić information content (AvgIpc) is 3.00. The third kappa shape index (κ3) is 4.20. The normalized spacial score (nSPS) is 11.0. The number of aromatic nitrogens is 1. The first-order chi connectivity index (χ1) is 14.3. The summed E-state index contributed by atoms with van der Waals surface area (Å²) >= 11 is 0. The molecule has 8 nitrogen and oxygen atoms in total. The number of hydrogen-bond donors (Lipinski definition) is 1. The van der Waals surface area contributed by atoms with E-state index in [0.29, 0.717) is 11.5 Å². The van der Waals surface area contributed by atoms with Gasteiger partial charge in [-0.1, -0.05) is 0 Å². The van der Waals surface area contributed by atoms with E-state index in [-0.39, 0.29) is 11.3 Å². The van der Waals surface area contributed by atoms with E-state index in [2.05, 4.69) is 0 Å². The Hall–Kier alpha value is -4.38. The van der Waals surface area contributed by atoms with Gasteiger partial charge in [0.1, 0.15) is 23.1 Å². The first-order valence-corrected chi connectivity index (χ1v) is 8.93. The SMILES string of the molecule is Cc1cc(C=C(C#N)C(N)=O)c(C)n1-c1ccc(Oc2ccc([N+](=O)[O-])cc2)cc1. The summed E-state index contributed by atoms with van der Waals surface area (Å²) in [4.78, 5) is 21.6. The van der Waals surface area contributed by atoms with Crippen LogP contribution in [-0.4, -0.2) is 15.4 Å². The van der Waals surface area contributed by atoms with Crippen LogP contribution in [0.2, 0.25) is 0 Å². The number of ether oxygens (including phenoxy) is 1. The summed E-state index contributed by atoms with van der Waals surface area (Å²) in [7, 11) is 0. The number of amides is 1. The predicted octanol–water partition coefficient (Wildman–Crippen LogP) is 4.19. The third-order valence-corrected chi connectivity index (χ3v) is 4.53. The summed E-state index contributed by atoms with van der Waals surface area (Å²) in [5, 5.41) is 19.8. The zero-order chi connectivity index (χ0) is 21.8. The topological polar surface area (TPSA) is 124 Å². The molecule has 1 amide bonds. The van der Waals surface area contributed by atoms with Crippen LogP contribution < -0.4 is 10.5 Å². The number of nitrogens with zero attached hydrogens (tertiary/aromatic N) is 3. The molecule has 1 aromatic heterocycles. The van der Waals surface area contributed by atoms with Crippen LogP contribution in [0.15, 0.2) is 60.2 Å². The molecule has 0 atom stereocenters. The molecule has 0 radical (unpaired) electrons. The monoisotopic (exact) mass is 402 g/mol. The number of nitro groups is 1. The van der Waals surface area contributed by atoms with E-state index in [1.165, 1.54) is 30.3 Å². The number of carbonyl (C=O) groups excluding carboxylic acids is 1. The van der Waals surface area contributed by atoms with Crippen molar-refractivity contribution < 1.29 is 14.5 Å². The van der Waals surface area contributed by atoms with E-state index in [9.17, 15) is 14.9 Å². The van der Waals surface area contributed by atoms with Gasteiger partial charge in [0.05, 0.1) is 4.92 Å². The van der Waals surface area contributed by atoms with Crippen LogP contribution in [0.25, 0.3) is 11.8 Å². The van der Waals surface area contributed by atoms with Gasteiger partial charge in [0, 0.05) is 29.2 Å². The van der Waals surface area contributed by atoms with E-state index in [1.807, 2.05) is 42.7 Å². The highest BCUT2D eigenvalue weighted by molar-refractivity contribution is 6.00. The molecule has 0 aliphatic rings. The number of benzene rings is 2. The first-order valence-electron chi connectivity index (χ1n) is 8.93. The Bertz CT molecular complexity index is 1180. The standard InChI is InChI=1S/C22H18N4O4/c1-14-11-16(12-17(13-23)22(24)27)15(2)25(14)18-3-7-20(8-4-18)30-21-9-5-19(6-10-21)26(28)29/h3-12H,1-2H3,(H2,24,27). The lowest BCUT2D eigenvalue weighted by Crippen LogP contribution is -2.12. The van der Waals surface area contributed by atoms with E-state index in [0.717, 1.165) is 22.6 Å². The van der Waals surface area contributed by atoms with Crippen molar-refractivity contribution in [3.05, 3.63) is 87.2 Å². The summed E-state index contributed by atoms with van der Waals surface area (Å²) in [6.07, 6.45) is 1.48. The fourth-order valence-corrected chi connectivity index (χ4v) is 3.08. The summed E-state index contributed by atoms with van der Waals surface area (Å²) in [6, 6.07) is 16.8. The molecule has 0 saturated carbocycles. The molecule has 2 aromatic carbocycles. The molecule has 3 rings (SSSR count). The van der Waals surface area contributed by atoms with E-state index < -0.39 is 10.8 Å². The molecular formula is C22H18N4O4. The maximum absolute atomic E-state index is 11.3. The number of nitrogens with two attached hydrogens (primary N) is 1. The van der Waals surface area contributed by atoms with Gasteiger partial charge in [-0.3, -0.25) is 14.9 Å². The third-order valence-electron chi connectivity index (χ3n) is 4.53. The molecule has 0 spiro atoms. The summed E-state index contributed by atoms with van der Waals surface area (Å²) in [6.45, 7) is 3.80. The van der Waals surface area contributed by atoms with Gasteiger partial charge in [-0.05, 0) is 68.0 Å². The molecule has 0 unspecified atom stereocenters. The van der Waals surface area contributed by atoms with Crippen molar-refractivity contribution in [2.75, 3.05) is 0 Å². The fourth-order valence-electron chi connectivity index (χ4n) is 3.08. The Morgan fingerprint density at radius 1 is 1.13 bits per heavy atom. The fraction of sp³-hybridized carbons (Fsp3) is 0.0909. The van der Waals surface area contributed by atoms with E-state index in [1.54, 1.807) is 12.1 Å². The predicted molar refractivity (Wildman–Crippen MR) is 111 cm³/mol. The highest BCUT2D eigenvalue weighted by Crippen LogP contribution is 2.27. The summed E-state index contributed by atoms with van der Waals surface area (Å²) in [5.74, 6) is 0.301. The molecule has 2 N–H and O–H groups in total. The van der Waals surface area contributed by atoms with Crippen LogP contribution in [0, 0.1) is 35.3 Å². The number of nitro benzene ring substituents is 1. The minimum Gasteiger partial charge on any atom is -0.457 e. The second-order valence-corrected chi connectivity index (χ2v) is 6.54. The van der Waals surface area contributed by atoms with Crippen LogP contribution in [-0.2, 0) is 4.79 Å². The minimum absolute atomic E-state index is 0.00278. The smallest absolute Gasteiger partial charge is 0.269 e. The van der Waals surface area contributed by atoms with Crippen LogP contribution in [0.3, 0.4) is 0 Å². The van der Waals surface area contributed by atoms with Gasteiger partial charge in [0.25, 0.3) is 11.6 Å². The molecule has 0 aliphatic heterocycles. The van der Waals surface area contributed by atoms with Crippen LogP contribution in [0.1, 0.15) is 17.0 Å². The van der Waals surface area contributed by atoms with Gasteiger partial charge in [-0.2, -0.15) is 5.26 Å². The van der Waals surface area contributed by atoms with Crippen molar-refractivity contribution in [2.45, 2.75) is 13.8 Å². The van der Waals surface area contributed by atoms with Gasteiger partial charge in [-0.15, -0.1) is 0 Å². The second kappa shape index (κ2) is 8.32. The lowest BCUT2D eigenvalue weighted by atomic mass is 10.1. The van der Waals surface area contributed by atoms with Crippen molar-refractivity contribution in [2.24, 2.45) is 5.73 Å². The zero-order valence-electron chi connectivity index (χ0n) is 16.3. The first kappa shape index (κ1) is 20.4. The molecule has 150 valence electrons.